The first-order valence-electron chi connectivity index (χ1n) is 7.79. The van der Waals surface area contributed by atoms with Crippen molar-refractivity contribution in [3.05, 3.63) is 53.1 Å². The summed E-state index contributed by atoms with van der Waals surface area (Å²) in [5, 5.41) is 9.06. The second-order valence-corrected chi connectivity index (χ2v) is 6.12. The van der Waals surface area contributed by atoms with Crippen molar-refractivity contribution in [1.29, 1.82) is 5.26 Å². The largest absolute Gasteiger partial charge is 0.478 e. The number of benzene rings is 2. The third-order valence-corrected chi connectivity index (χ3v) is 4.02. The number of hydrogen-bond donors (Lipinski definition) is 1. The summed E-state index contributed by atoms with van der Waals surface area (Å²) in [6.45, 7) is 4.04. The maximum absolute atomic E-state index is 12.8. The van der Waals surface area contributed by atoms with Crippen LogP contribution in [0.2, 0.25) is 0 Å². The highest BCUT2D eigenvalue weighted by Crippen LogP contribution is 2.36. The maximum atomic E-state index is 12.8. The summed E-state index contributed by atoms with van der Waals surface area (Å²) in [5.41, 5.74) is 10.3. The van der Waals surface area contributed by atoms with E-state index in [1.807, 2.05) is 32.0 Å². The molecule has 1 heterocycles. The fourth-order valence-corrected chi connectivity index (χ4v) is 3.11. The number of hydrogen-bond acceptors (Lipinski definition) is 4. The van der Waals surface area contributed by atoms with Gasteiger partial charge in [0, 0.05) is 18.2 Å². The van der Waals surface area contributed by atoms with Gasteiger partial charge in [-0.1, -0.05) is 29.3 Å². The number of rotatable bonds is 3. The van der Waals surface area contributed by atoms with Gasteiger partial charge < -0.3 is 10.5 Å². The highest BCUT2D eigenvalue weighted by molar-refractivity contribution is 6.00. The predicted octanol–water partition coefficient (Wildman–Crippen LogP) is 2.75. The highest BCUT2D eigenvalue weighted by Gasteiger charge is 2.34. The Bertz CT molecular complexity index is 819. The van der Waals surface area contributed by atoms with Gasteiger partial charge in [-0.3, -0.25) is 9.69 Å². The Balaban J connectivity index is 1.94. The van der Waals surface area contributed by atoms with Gasteiger partial charge in [0.1, 0.15) is 12.3 Å². The Morgan fingerprint density at radius 2 is 1.92 bits per heavy atom. The summed E-state index contributed by atoms with van der Waals surface area (Å²) < 4.78 is 5.90. The number of aryl methyl sites for hydroxylation is 2. The molecule has 0 aromatic heterocycles. The van der Waals surface area contributed by atoms with Gasteiger partial charge in [-0.25, -0.2) is 0 Å². The van der Waals surface area contributed by atoms with Crippen LogP contribution in [-0.2, 0) is 11.2 Å². The zero-order valence-electron chi connectivity index (χ0n) is 13.7. The number of anilines is 2. The van der Waals surface area contributed by atoms with E-state index < -0.39 is 6.10 Å². The molecule has 0 radical (unpaired) electrons. The van der Waals surface area contributed by atoms with Crippen LogP contribution < -0.4 is 15.4 Å². The number of amides is 1. The van der Waals surface area contributed by atoms with E-state index in [-0.39, 0.29) is 12.5 Å². The Kier molecular flexibility index (Phi) is 4.13. The van der Waals surface area contributed by atoms with Gasteiger partial charge in [-0.15, -0.1) is 0 Å². The molecule has 1 unspecified atom stereocenters. The molecule has 2 aromatic carbocycles. The summed E-state index contributed by atoms with van der Waals surface area (Å²) in [4.78, 5) is 14.2. The summed E-state index contributed by atoms with van der Waals surface area (Å²) in [6.07, 6.45) is -0.203. The topological polar surface area (TPSA) is 79.3 Å². The van der Waals surface area contributed by atoms with Gasteiger partial charge in [-0.2, -0.15) is 5.26 Å². The molecule has 0 saturated carbocycles. The van der Waals surface area contributed by atoms with Crippen LogP contribution in [0, 0.1) is 25.2 Å². The van der Waals surface area contributed by atoms with Crippen LogP contribution >= 0.6 is 0 Å². The van der Waals surface area contributed by atoms with Crippen molar-refractivity contribution >= 4 is 17.3 Å². The molecule has 3 rings (SSSR count). The maximum Gasteiger partial charge on any atom is 0.269 e. The average molecular weight is 321 g/mol. The van der Waals surface area contributed by atoms with E-state index in [4.69, 9.17) is 15.7 Å². The summed E-state index contributed by atoms with van der Waals surface area (Å²) in [5.74, 6) is 0.340. The normalized spacial score (nSPS) is 16.3. The third-order valence-electron chi connectivity index (χ3n) is 4.02. The van der Waals surface area contributed by atoms with Crippen molar-refractivity contribution in [2.75, 3.05) is 17.2 Å². The molecule has 1 aliphatic heterocycles. The number of nitriles is 1. The monoisotopic (exact) mass is 321 g/mol. The molecule has 5 heteroatoms. The number of carbonyl (C=O) groups excluding carboxylic acids is 1. The van der Waals surface area contributed by atoms with Crippen LogP contribution in [0.1, 0.15) is 16.7 Å². The molecule has 122 valence electrons. The summed E-state index contributed by atoms with van der Waals surface area (Å²) in [7, 11) is 0. The molecule has 0 aliphatic carbocycles. The van der Waals surface area contributed by atoms with Crippen LogP contribution in [0.5, 0.6) is 5.75 Å². The molecule has 2 N–H and O–H groups in total. The smallest absolute Gasteiger partial charge is 0.269 e. The molecule has 5 nitrogen and oxygen atoms in total. The fourth-order valence-electron chi connectivity index (χ4n) is 3.11. The summed E-state index contributed by atoms with van der Waals surface area (Å²) >= 11 is 0. The minimum atomic E-state index is -0.658. The van der Waals surface area contributed by atoms with Crippen molar-refractivity contribution < 1.29 is 9.53 Å². The van der Waals surface area contributed by atoms with Gasteiger partial charge in [0.15, 0.2) is 6.10 Å². The van der Waals surface area contributed by atoms with Gasteiger partial charge >= 0.3 is 0 Å². The SMILES string of the molecule is Cc1cc(C)cc(CC2Oc3cc(N)ccc3N(CC#N)C2=O)c1. The van der Waals surface area contributed by atoms with Crippen LogP contribution in [0.4, 0.5) is 11.4 Å². The van der Waals surface area contributed by atoms with E-state index >= 15 is 0 Å². The van der Waals surface area contributed by atoms with Crippen LogP contribution in [0.15, 0.2) is 36.4 Å². The summed E-state index contributed by atoms with van der Waals surface area (Å²) in [6, 6.07) is 13.3. The van der Waals surface area contributed by atoms with Crippen molar-refractivity contribution in [3.63, 3.8) is 0 Å². The van der Waals surface area contributed by atoms with Crippen molar-refractivity contribution in [2.45, 2.75) is 26.4 Å². The van der Waals surface area contributed by atoms with Gasteiger partial charge in [0.05, 0.1) is 11.8 Å². The second kappa shape index (κ2) is 6.25. The molecule has 0 spiro atoms. The van der Waals surface area contributed by atoms with Crippen LogP contribution in [-0.4, -0.2) is 18.6 Å². The lowest BCUT2D eigenvalue weighted by molar-refractivity contribution is -0.126. The first-order chi connectivity index (χ1) is 11.5. The zero-order chi connectivity index (χ0) is 17.3. The zero-order valence-corrected chi connectivity index (χ0v) is 13.7. The lowest BCUT2D eigenvalue weighted by atomic mass is 10.0. The number of nitrogen functional groups attached to an aromatic ring is 1. The van der Waals surface area contributed by atoms with Crippen molar-refractivity contribution in [3.8, 4) is 11.8 Å². The number of fused-ring (bicyclic) bond motifs is 1. The first-order valence-corrected chi connectivity index (χ1v) is 7.79. The van der Waals surface area contributed by atoms with Crippen molar-refractivity contribution in [2.24, 2.45) is 0 Å². The van der Waals surface area contributed by atoms with E-state index in [0.717, 1.165) is 16.7 Å². The van der Waals surface area contributed by atoms with Crippen LogP contribution in [0.25, 0.3) is 0 Å². The standard InChI is InChI=1S/C19H19N3O2/c1-12-7-13(2)9-14(8-12)10-18-19(23)22(6-5-20)16-4-3-15(21)11-17(16)24-18/h3-4,7-9,11,18H,6,10,21H2,1-2H3. The Labute approximate surface area is 141 Å². The predicted molar refractivity (Wildman–Crippen MR) is 92.9 cm³/mol. The minimum absolute atomic E-state index is 0.0115. The van der Waals surface area contributed by atoms with Crippen LogP contribution in [0.3, 0.4) is 0 Å². The Morgan fingerprint density at radius 1 is 1.21 bits per heavy atom. The molecule has 1 atom stereocenters. The average Bonchev–Trinajstić information content (AvgIpc) is 2.50. The quantitative estimate of drug-likeness (QED) is 0.696. The molecule has 0 bridgehead atoms. The molecule has 2 aromatic rings. The van der Waals surface area contributed by atoms with E-state index in [1.54, 1.807) is 18.2 Å². The van der Waals surface area contributed by atoms with Gasteiger partial charge in [-0.05, 0) is 31.5 Å². The molecular formula is C19H19N3O2. The molecule has 0 saturated heterocycles. The van der Waals surface area contributed by atoms with E-state index in [9.17, 15) is 4.79 Å². The molecule has 0 fully saturated rings. The van der Waals surface area contributed by atoms with E-state index in [2.05, 4.69) is 6.07 Å². The number of nitrogens with two attached hydrogens (primary N) is 1. The fraction of sp³-hybridized carbons (Fsp3) is 0.263. The van der Waals surface area contributed by atoms with E-state index in [1.165, 1.54) is 4.90 Å². The third kappa shape index (κ3) is 3.04. The number of ether oxygens (including phenoxy) is 1. The first kappa shape index (κ1) is 15.9. The molecular weight excluding hydrogens is 302 g/mol. The second-order valence-electron chi connectivity index (χ2n) is 6.12. The van der Waals surface area contributed by atoms with Gasteiger partial charge in [0.25, 0.3) is 5.91 Å². The number of nitrogens with zero attached hydrogens (tertiary/aromatic N) is 2. The van der Waals surface area contributed by atoms with E-state index in [0.29, 0.717) is 23.5 Å². The minimum Gasteiger partial charge on any atom is -0.478 e. The lowest BCUT2D eigenvalue weighted by Crippen LogP contribution is -2.47. The Morgan fingerprint density at radius 3 is 2.58 bits per heavy atom. The number of carbonyl (C=O) groups is 1. The van der Waals surface area contributed by atoms with Gasteiger partial charge in [0.2, 0.25) is 0 Å². The molecule has 1 amide bonds. The molecule has 1 aliphatic rings. The Hall–Kier alpha value is -3.00. The lowest BCUT2D eigenvalue weighted by Gasteiger charge is -2.33. The highest BCUT2D eigenvalue weighted by atomic mass is 16.5. The molecule has 24 heavy (non-hydrogen) atoms. The van der Waals surface area contributed by atoms with Crippen molar-refractivity contribution in [1.82, 2.24) is 0 Å².